The molecule has 1 aromatic rings. The van der Waals surface area contributed by atoms with Crippen molar-refractivity contribution < 1.29 is 4.74 Å². The molecule has 4 heteroatoms. The molecule has 2 rings (SSSR count). The molecule has 1 saturated heterocycles. The minimum Gasteiger partial charge on any atom is -0.384 e. The maximum atomic E-state index is 6.44. The summed E-state index contributed by atoms with van der Waals surface area (Å²) in [5.74, 6) is 0.701. The number of ether oxygens (including phenoxy) is 1. The highest BCUT2D eigenvalue weighted by Gasteiger charge is 2.29. The van der Waals surface area contributed by atoms with Gasteiger partial charge in [-0.05, 0) is 56.0 Å². The number of hydrogen-bond donors (Lipinski definition) is 1. The van der Waals surface area contributed by atoms with Gasteiger partial charge >= 0.3 is 0 Å². The van der Waals surface area contributed by atoms with Gasteiger partial charge in [-0.25, -0.2) is 0 Å². The first-order chi connectivity index (χ1) is 10.2. The van der Waals surface area contributed by atoms with E-state index in [4.69, 9.17) is 10.5 Å². The van der Waals surface area contributed by atoms with Crippen molar-refractivity contribution in [1.29, 1.82) is 0 Å². The Bertz CT molecular complexity index is 433. The summed E-state index contributed by atoms with van der Waals surface area (Å²) in [6.45, 7) is 5.28. The molecule has 21 heavy (non-hydrogen) atoms. The minimum absolute atomic E-state index is 0.179. The zero-order chi connectivity index (χ0) is 15.2. The van der Waals surface area contributed by atoms with Crippen LogP contribution in [0.4, 0.5) is 0 Å². The molecule has 2 N–H and O–H groups in total. The Labute approximate surface area is 137 Å². The summed E-state index contributed by atoms with van der Waals surface area (Å²) in [5, 5.41) is 0. The van der Waals surface area contributed by atoms with E-state index in [-0.39, 0.29) is 6.04 Å². The summed E-state index contributed by atoms with van der Waals surface area (Å²) >= 11 is 3.58. The summed E-state index contributed by atoms with van der Waals surface area (Å²) in [5.41, 5.74) is 7.76. The predicted octanol–water partition coefficient (Wildman–Crippen LogP) is 3.59. The Hall–Kier alpha value is -0.420. The van der Waals surface area contributed by atoms with E-state index in [1.165, 1.54) is 18.4 Å². The zero-order valence-electron chi connectivity index (χ0n) is 13.1. The van der Waals surface area contributed by atoms with Crippen molar-refractivity contribution in [3.05, 3.63) is 34.3 Å². The third-order valence-electron chi connectivity index (χ3n) is 4.51. The van der Waals surface area contributed by atoms with Crippen LogP contribution in [0.2, 0.25) is 0 Å². The van der Waals surface area contributed by atoms with E-state index in [2.05, 4.69) is 52.0 Å². The van der Waals surface area contributed by atoms with Gasteiger partial charge in [-0.1, -0.05) is 35.0 Å². The average molecular weight is 355 g/mol. The molecule has 1 fully saturated rings. The van der Waals surface area contributed by atoms with Crippen molar-refractivity contribution >= 4 is 15.9 Å². The number of rotatable bonds is 6. The van der Waals surface area contributed by atoms with Crippen molar-refractivity contribution in [2.75, 3.05) is 26.8 Å². The van der Waals surface area contributed by atoms with Crippen LogP contribution in [-0.4, -0.2) is 37.7 Å². The molecule has 118 valence electrons. The van der Waals surface area contributed by atoms with Crippen LogP contribution in [0.25, 0.3) is 0 Å². The van der Waals surface area contributed by atoms with Gasteiger partial charge < -0.3 is 10.5 Å². The van der Waals surface area contributed by atoms with Crippen molar-refractivity contribution in [1.82, 2.24) is 4.90 Å². The lowest BCUT2D eigenvalue weighted by molar-refractivity contribution is 0.0714. The second kappa shape index (κ2) is 8.28. The Morgan fingerprint density at radius 1 is 1.38 bits per heavy atom. The summed E-state index contributed by atoms with van der Waals surface area (Å²) in [4.78, 5) is 2.56. The van der Waals surface area contributed by atoms with Gasteiger partial charge in [0.2, 0.25) is 0 Å². The Kier molecular flexibility index (Phi) is 6.68. The standard InChI is InChI=1S/C17H27BrN2O/c1-3-16(19)17(14-5-4-6-15(18)11-14)20-9-7-13(8-10-20)12-21-2/h4-6,11,13,16-17H,3,7-10,12,19H2,1-2H3. The second-order valence-electron chi connectivity index (χ2n) is 6.01. The Morgan fingerprint density at radius 2 is 2.10 bits per heavy atom. The number of methoxy groups -OCH3 is 1. The van der Waals surface area contributed by atoms with Crippen LogP contribution in [0.3, 0.4) is 0 Å². The molecule has 0 radical (unpaired) electrons. The number of hydrogen-bond acceptors (Lipinski definition) is 3. The van der Waals surface area contributed by atoms with E-state index in [0.29, 0.717) is 12.0 Å². The van der Waals surface area contributed by atoms with Gasteiger partial charge in [0.05, 0.1) is 0 Å². The molecule has 2 unspecified atom stereocenters. The number of nitrogens with zero attached hydrogens (tertiary/aromatic N) is 1. The molecule has 0 spiro atoms. The molecule has 0 bridgehead atoms. The third kappa shape index (κ3) is 4.52. The van der Waals surface area contributed by atoms with E-state index < -0.39 is 0 Å². The fraction of sp³-hybridized carbons (Fsp3) is 0.647. The monoisotopic (exact) mass is 354 g/mol. The highest BCUT2D eigenvalue weighted by Crippen LogP contribution is 2.31. The van der Waals surface area contributed by atoms with Crippen molar-refractivity contribution in [3.8, 4) is 0 Å². The highest BCUT2D eigenvalue weighted by atomic mass is 79.9. The van der Waals surface area contributed by atoms with Crippen molar-refractivity contribution in [2.24, 2.45) is 11.7 Å². The van der Waals surface area contributed by atoms with Crippen molar-refractivity contribution in [2.45, 2.75) is 38.3 Å². The second-order valence-corrected chi connectivity index (χ2v) is 6.92. The van der Waals surface area contributed by atoms with Crippen LogP contribution in [0, 0.1) is 5.92 Å². The summed E-state index contributed by atoms with van der Waals surface area (Å²) < 4.78 is 6.42. The van der Waals surface area contributed by atoms with Gasteiger partial charge in [-0.2, -0.15) is 0 Å². The Morgan fingerprint density at radius 3 is 2.67 bits per heavy atom. The van der Waals surface area contributed by atoms with Crippen LogP contribution in [0.1, 0.15) is 37.8 Å². The quantitative estimate of drug-likeness (QED) is 0.848. The normalized spacial score (nSPS) is 20.4. The van der Waals surface area contributed by atoms with Gasteiger partial charge in [0.25, 0.3) is 0 Å². The largest absolute Gasteiger partial charge is 0.384 e. The molecule has 2 atom stereocenters. The number of likely N-dealkylation sites (tertiary alicyclic amines) is 1. The summed E-state index contributed by atoms with van der Waals surface area (Å²) in [7, 11) is 1.80. The first-order valence-electron chi connectivity index (χ1n) is 7.89. The van der Waals surface area contributed by atoms with Crippen LogP contribution in [-0.2, 0) is 4.74 Å². The fourth-order valence-electron chi connectivity index (χ4n) is 3.28. The maximum Gasteiger partial charge on any atom is 0.0499 e. The van der Waals surface area contributed by atoms with E-state index in [9.17, 15) is 0 Å². The predicted molar refractivity (Wildman–Crippen MR) is 91.3 cm³/mol. The van der Waals surface area contributed by atoms with E-state index in [0.717, 1.165) is 30.6 Å². The topological polar surface area (TPSA) is 38.5 Å². The molecular formula is C17H27BrN2O. The molecule has 3 nitrogen and oxygen atoms in total. The molecule has 1 heterocycles. The number of piperidine rings is 1. The molecule has 1 aliphatic rings. The van der Waals surface area contributed by atoms with Gasteiger partial charge in [-0.3, -0.25) is 4.90 Å². The molecule has 0 amide bonds. The maximum absolute atomic E-state index is 6.44. The summed E-state index contributed by atoms with van der Waals surface area (Å²) in [6.07, 6.45) is 3.40. The number of benzene rings is 1. The molecule has 0 saturated carbocycles. The lowest BCUT2D eigenvalue weighted by Crippen LogP contribution is -2.45. The molecule has 1 aliphatic heterocycles. The van der Waals surface area contributed by atoms with Crippen LogP contribution >= 0.6 is 15.9 Å². The summed E-state index contributed by atoms with van der Waals surface area (Å²) in [6, 6.07) is 9.08. The smallest absolute Gasteiger partial charge is 0.0499 e. The van der Waals surface area contributed by atoms with Gasteiger partial charge in [-0.15, -0.1) is 0 Å². The lowest BCUT2D eigenvalue weighted by Gasteiger charge is -2.40. The third-order valence-corrected chi connectivity index (χ3v) is 5.01. The van der Waals surface area contributed by atoms with Crippen LogP contribution < -0.4 is 5.73 Å². The molecule has 1 aromatic carbocycles. The first kappa shape index (κ1) is 16.9. The SMILES string of the molecule is CCC(N)C(c1cccc(Br)c1)N1CCC(COC)CC1. The van der Waals surface area contributed by atoms with Gasteiger partial charge in [0.15, 0.2) is 0 Å². The van der Waals surface area contributed by atoms with Crippen LogP contribution in [0.5, 0.6) is 0 Å². The molecule has 0 aliphatic carbocycles. The first-order valence-corrected chi connectivity index (χ1v) is 8.69. The van der Waals surface area contributed by atoms with E-state index >= 15 is 0 Å². The number of nitrogens with two attached hydrogens (primary N) is 1. The molecular weight excluding hydrogens is 328 g/mol. The van der Waals surface area contributed by atoms with Crippen molar-refractivity contribution in [3.63, 3.8) is 0 Å². The molecule has 0 aromatic heterocycles. The highest BCUT2D eigenvalue weighted by molar-refractivity contribution is 9.10. The van der Waals surface area contributed by atoms with E-state index in [1.807, 2.05) is 0 Å². The van der Waals surface area contributed by atoms with Gasteiger partial charge in [0.1, 0.15) is 0 Å². The fourth-order valence-corrected chi connectivity index (χ4v) is 3.69. The van der Waals surface area contributed by atoms with E-state index in [1.54, 1.807) is 7.11 Å². The average Bonchev–Trinajstić information content (AvgIpc) is 2.49. The number of halogens is 1. The zero-order valence-corrected chi connectivity index (χ0v) is 14.7. The van der Waals surface area contributed by atoms with Gasteiger partial charge in [0, 0.05) is 30.3 Å². The minimum atomic E-state index is 0.179. The lowest BCUT2D eigenvalue weighted by atomic mass is 9.91. The van der Waals surface area contributed by atoms with Crippen LogP contribution in [0.15, 0.2) is 28.7 Å². The Balaban J connectivity index is 2.11.